The van der Waals surface area contributed by atoms with Crippen molar-refractivity contribution in [3.63, 3.8) is 0 Å². The van der Waals surface area contributed by atoms with Crippen molar-refractivity contribution in [1.82, 2.24) is 0 Å². The van der Waals surface area contributed by atoms with Gasteiger partial charge in [0.25, 0.3) is 0 Å². The predicted molar refractivity (Wildman–Crippen MR) is 54.5 cm³/mol. The fourth-order valence-corrected chi connectivity index (χ4v) is 1.21. The van der Waals surface area contributed by atoms with E-state index in [0.717, 1.165) is 12.1 Å². The molecule has 4 heteroatoms. The standard InChI is InChI=1S/C12H8F2O2/c13-9-6-5-8(7-10(9)14)16-12-4-2-1-3-11(12)15/h1-7,15H. The summed E-state index contributed by atoms with van der Waals surface area (Å²) in [4.78, 5) is 0. The Hall–Kier alpha value is -2.10. The van der Waals surface area contributed by atoms with Gasteiger partial charge in [0.1, 0.15) is 5.75 Å². The van der Waals surface area contributed by atoms with Crippen LogP contribution in [0.5, 0.6) is 17.2 Å². The van der Waals surface area contributed by atoms with Gasteiger partial charge in [-0.15, -0.1) is 0 Å². The number of phenolic OH excluding ortho intramolecular Hbond substituents is 1. The summed E-state index contributed by atoms with van der Waals surface area (Å²) < 4.78 is 30.7. The Morgan fingerprint density at radius 1 is 0.938 bits per heavy atom. The lowest BCUT2D eigenvalue weighted by Crippen LogP contribution is -1.88. The van der Waals surface area contributed by atoms with Crippen molar-refractivity contribution in [1.29, 1.82) is 0 Å². The van der Waals surface area contributed by atoms with E-state index in [-0.39, 0.29) is 17.2 Å². The summed E-state index contributed by atoms with van der Waals surface area (Å²) in [5, 5.41) is 9.40. The van der Waals surface area contributed by atoms with Gasteiger partial charge >= 0.3 is 0 Å². The molecule has 0 aromatic heterocycles. The number of aromatic hydroxyl groups is 1. The first-order chi connectivity index (χ1) is 7.66. The molecule has 2 nitrogen and oxygen atoms in total. The van der Waals surface area contributed by atoms with E-state index in [1.807, 2.05) is 0 Å². The van der Waals surface area contributed by atoms with Gasteiger partial charge in [0.15, 0.2) is 23.1 Å². The van der Waals surface area contributed by atoms with Crippen molar-refractivity contribution in [2.75, 3.05) is 0 Å². The lowest BCUT2D eigenvalue weighted by molar-refractivity contribution is 0.407. The highest BCUT2D eigenvalue weighted by molar-refractivity contribution is 5.41. The van der Waals surface area contributed by atoms with Gasteiger partial charge in [-0.3, -0.25) is 0 Å². The summed E-state index contributed by atoms with van der Waals surface area (Å²) in [5.74, 6) is -1.68. The van der Waals surface area contributed by atoms with E-state index >= 15 is 0 Å². The quantitative estimate of drug-likeness (QED) is 0.843. The molecule has 0 amide bonds. The molecule has 16 heavy (non-hydrogen) atoms. The molecule has 2 aromatic rings. The zero-order valence-corrected chi connectivity index (χ0v) is 8.15. The zero-order chi connectivity index (χ0) is 11.5. The molecule has 0 spiro atoms. The summed E-state index contributed by atoms with van der Waals surface area (Å²) in [5.41, 5.74) is 0. The summed E-state index contributed by atoms with van der Waals surface area (Å²) in [7, 11) is 0. The fourth-order valence-electron chi connectivity index (χ4n) is 1.21. The third-order valence-electron chi connectivity index (χ3n) is 1.98. The molecular formula is C12H8F2O2. The first-order valence-corrected chi connectivity index (χ1v) is 4.58. The Kier molecular flexibility index (Phi) is 2.72. The van der Waals surface area contributed by atoms with Gasteiger partial charge in [-0.25, -0.2) is 8.78 Å². The third-order valence-corrected chi connectivity index (χ3v) is 1.98. The average molecular weight is 222 g/mol. The number of rotatable bonds is 2. The smallest absolute Gasteiger partial charge is 0.169 e. The number of hydrogen-bond acceptors (Lipinski definition) is 2. The van der Waals surface area contributed by atoms with Crippen LogP contribution in [0.3, 0.4) is 0 Å². The van der Waals surface area contributed by atoms with E-state index in [1.54, 1.807) is 12.1 Å². The number of benzene rings is 2. The van der Waals surface area contributed by atoms with Crippen LogP contribution in [-0.4, -0.2) is 5.11 Å². The normalized spacial score (nSPS) is 10.1. The number of para-hydroxylation sites is 2. The summed E-state index contributed by atoms with van der Waals surface area (Å²) in [6, 6.07) is 9.42. The van der Waals surface area contributed by atoms with Crippen LogP contribution in [0.25, 0.3) is 0 Å². The van der Waals surface area contributed by atoms with Gasteiger partial charge in [0, 0.05) is 6.07 Å². The molecule has 0 saturated carbocycles. The second kappa shape index (κ2) is 4.18. The molecule has 0 fully saturated rings. The van der Waals surface area contributed by atoms with Crippen LogP contribution < -0.4 is 4.74 Å². The monoisotopic (exact) mass is 222 g/mol. The number of hydrogen-bond donors (Lipinski definition) is 1. The van der Waals surface area contributed by atoms with Crippen LogP contribution in [0.2, 0.25) is 0 Å². The van der Waals surface area contributed by atoms with Gasteiger partial charge in [0.2, 0.25) is 0 Å². The number of ether oxygens (including phenoxy) is 1. The van der Waals surface area contributed by atoms with Gasteiger partial charge in [-0.1, -0.05) is 12.1 Å². The van der Waals surface area contributed by atoms with Crippen LogP contribution in [0.15, 0.2) is 42.5 Å². The van der Waals surface area contributed by atoms with E-state index in [2.05, 4.69) is 0 Å². The third kappa shape index (κ3) is 2.11. The molecular weight excluding hydrogens is 214 g/mol. The Morgan fingerprint density at radius 2 is 1.69 bits per heavy atom. The van der Waals surface area contributed by atoms with Crippen molar-refractivity contribution in [2.24, 2.45) is 0 Å². The highest BCUT2D eigenvalue weighted by Crippen LogP contribution is 2.30. The number of phenols is 1. The van der Waals surface area contributed by atoms with Gasteiger partial charge in [-0.2, -0.15) is 0 Å². The van der Waals surface area contributed by atoms with Gasteiger partial charge < -0.3 is 9.84 Å². The Labute approximate surface area is 90.7 Å². The molecule has 0 heterocycles. The molecule has 0 aliphatic heterocycles. The van der Waals surface area contributed by atoms with E-state index < -0.39 is 11.6 Å². The van der Waals surface area contributed by atoms with Gasteiger partial charge in [-0.05, 0) is 24.3 Å². The molecule has 0 radical (unpaired) electrons. The SMILES string of the molecule is Oc1ccccc1Oc1ccc(F)c(F)c1. The molecule has 0 unspecified atom stereocenters. The van der Waals surface area contributed by atoms with Crippen LogP contribution in [-0.2, 0) is 0 Å². The number of halogens is 2. The van der Waals surface area contributed by atoms with Crippen molar-refractivity contribution < 1.29 is 18.6 Å². The maximum absolute atomic E-state index is 12.9. The van der Waals surface area contributed by atoms with Crippen molar-refractivity contribution >= 4 is 0 Å². The second-order valence-electron chi connectivity index (χ2n) is 3.15. The summed E-state index contributed by atoms with van der Waals surface area (Å²) in [6.45, 7) is 0. The maximum atomic E-state index is 12.9. The van der Waals surface area contributed by atoms with E-state index in [9.17, 15) is 13.9 Å². The summed E-state index contributed by atoms with van der Waals surface area (Å²) in [6.07, 6.45) is 0. The molecule has 0 aliphatic rings. The molecule has 2 aromatic carbocycles. The first kappa shape index (κ1) is 10.4. The maximum Gasteiger partial charge on any atom is 0.169 e. The van der Waals surface area contributed by atoms with Crippen LogP contribution in [0.1, 0.15) is 0 Å². The Morgan fingerprint density at radius 3 is 2.38 bits per heavy atom. The predicted octanol–water partition coefficient (Wildman–Crippen LogP) is 3.46. The average Bonchev–Trinajstić information content (AvgIpc) is 2.27. The minimum atomic E-state index is -0.993. The Bertz CT molecular complexity index is 512. The topological polar surface area (TPSA) is 29.5 Å². The van der Waals surface area contributed by atoms with E-state index in [4.69, 9.17) is 4.74 Å². The zero-order valence-electron chi connectivity index (χ0n) is 8.15. The second-order valence-corrected chi connectivity index (χ2v) is 3.15. The van der Waals surface area contributed by atoms with Crippen molar-refractivity contribution in [3.8, 4) is 17.2 Å². The molecule has 0 atom stereocenters. The highest BCUT2D eigenvalue weighted by Gasteiger charge is 2.06. The van der Waals surface area contributed by atoms with Crippen LogP contribution >= 0.6 is 0 Å². The van der Waals surface area contributed by atoms with E-state index in [0.29, 0.717) is 0 Å². The lowest BCUT2D eigenvalue weighted by Gasteiger charge is -2.07. The molecule has 2 rings (SSSR count). The van der Waals surface area contributed by atoms with Crippen LogP contribution in [0.4, 0.5) is 8.78 Å². The highest BCUT2D eigenvalue weighted by atomic mass is 19.2. The van der Waals surface area contributed by atoms with Crippen LogP contribution in [0, 0.1) is 11.6 Å². The lowest BCUT2D eigenvalue weighted by atomic mass is 10.3. The summed E-state index contributed by atoms with van der Waals surface area (Å²) >= 11 is 0. The molecule has 0 bridgehead atoms. The first-order valence-electron chi connectivity index (χ1n) is 4.58. The van der Waals surface area contributed by atoms with Crippen molar-refractivity contribution in [3.05, 3.63) is 54.1 Å². The minimum absolute atomic E-state index is 0.0627. The molecule has 1 N–H and O–H groups in total. The minimum Gasteiger partial charge on any atom is -0.504 e. The largest absolute Gasteiger partial charge is 0.504 e. The molecule has 0 saturated heterocycles. The fraction of sp³-hybridized carbons (Fsp3) is 0. The Balaban J connectivity index is 2.28. The molecule has 82 valence electrons. The van der Waals surface area contributed by atoms with Crippen molar-refractivity contribution in [2.45, 2.75) is 0 Å². The van der Waals surface area contributed by atoms with Gasteiger partial charge in [0.05, 0.1) is 0 Å². The molecule has 0 aliphatic carbocycles. The van der Waals surface area contributed by atoms with E-state index in [1.165, 1.54) is 18.2 Å².